The number of nitrogens with two attached hydrogens (primary N) is 1. The fourth-order valence-corrected chi connectivity index (χ4v) is 2.45. The molecule has 0 aliphatic rings. The fourth-order valence-electron chi connectivity index (χ4n) is 2.45. The molecule has 24 heavy (non-hydrogen) atoms. The van der Waals surface area contributed by atoms with Gasteiger partial charge in [-0.05, 0) is 37.1 Å². The predicted octanol–water partition coefficient (Wildman–Crippen LogP) is 3.11. The highest BCUT2D eigenvalue weighted by atomic mass is 16.2. The Bertz CT molecular complexity index is 758. The number of allylic oxidation sites excluding steroid dienone is 1. The molecule has 2 aromatic rings. The van der Waals surface area contributed by atoms with Gasteiger partial charge in [-0.2, -0.15) is 0 Å². The van der Waals surface area contributed by atoms with Crippen LogP contribution in [0.25, 0.3) is 17.3 Å². The largest absolute Gasteiger partial charge is 0.383 e. The molecule has 0 spiro atoms. The van der Waals surface area contributed by atoms with Gasteiger partial charge in [0.25, 0.3) is 0 Å². The van der Waals surface area contributed by atoms with Crippen molar-refractivity contribution < 1.29 is 4.79 Å². The first kappa shape index (κ1) is 17.4. The van der Waals surface area contributed by atoms with Crippen LogP contribution in [-0.4, -0.2) is 24.1 Å². The lowest BCUT2D eigenvalue weighted by Gasteiger charge is -2.10. The monoisotopic (exact) mass is 324 g/mol. The van der Waals surface area contributed by atoms with Crippen molar-refractivity contribution in [2.24, 2.45) is 5.73 Å². The van der Waals surface area contributed by atoms with E-state index in [1.54, 1.807) is 0 Å². The van der Waals surface area contributed by atoms with Gasteiger partial charge >= 0.3 is 6.03 Å². The van der Waals surface area contributed by atoms with E-state index in [-0.39, 0.29) is 0 Å². The van der Waals surface area contributed by atoms with Gasteiger partial charge in [-0.1, -0.05) is 36.4 Å². The van der Waals surface area contributed by atoms with Crippen molar-refractivity contribution in [2.75, 3.05) is 13.1 Å². The average Bonchev–Trinajstić information content (AvgIpc) is 2.99. The van der Waals surface area contributed by atoms with Gasteiger partial charge in [0.05, 0.1) is 0 Å². The number of aromatic amines is 1. The maximum atomic E-state index is 10.7. The maximum absolute atomic E-state index is 10.7. The van der Waals surface area contributed by atoms with Gasteiger partial charge in [-0.3, -0.25) is 0 Å². The van der Waals surface area contributed by atoms with Gasteiger partial charge < -0.3 is 21.4 Å². The van der Waals surface area contributed by atoms with Crippen molar-refractivity contribution in [3.8, 4) is 0 Å². The molecule has 2 rings (SSSR count). The SMILES string of the molecule is C=C(NCCNC(N)=O)c1cc[nH]c1/C=C(\C)c1cccc(C)c1. The summed E-state index contributed by atoms with van der Waals surface area (Å²) in [5, 5.41) is 5.72. The van der Waals surface area contributed by atoms with Gasteiger partial charge in [0.1, 0.15) is 0 Å². The second kappa shape index (κ2) is 8.06. The normalized spacial score (nSPS) is 11.2. The van der Waals surface area contributed by atoms with Crippen molar-refractivity contribution in [2.45, 2.75) is 13.8 Å². The Morgan fingerprint density at radius 1 is 1.29 bits per heavy atom. The number of nitrogens with one attached hydrogen (secondary N) is 3. The van der Waals surface area contributed by atoms with E-state index >= 15 is 0 Å². The zero-order valence-corrected chi connectivity index (χ0v) is 14.1. The third-order valence-corrected chi connectivity index (χ3v) is 3.70. The van der Waals surface area contributed by atoms with Crippen LogP contribution in [0.3, 0.4) is 0 Å². The third kappa shape index (κ3) is 4.78. The number of rotatable bonds is 7. The van der Waals surface area contributed by atoms with Gasteiger partial charge in [-0.25, -0.2) is 4.79 Å². The Morgan fingerprint density at radius 2 is 2.04 bits per heavy atom. The fraction of sp³-hybridized carbons (Fsp3) is 0.211. The Balaban J connectivity index is 2.08. The number of amides is 2. The lowest BCUT2D eigenvalue weighted by Crippen LogP contribution is -2.34. The maximum Gasteiger partial charge on any atom is 0.312 e. The van der Waals surface area contributed by atoms with E-state index < -0.39 is 6.03 Å². The summed E-state index contributed by atoms with van der Waals surface area (Å²) in [6.07, 6.45) is 4.00. The molecule has 0 aliphatic carbocycles. The molecule has 5 heteroatoms. The van der Waals surface area contributed by atoms with Crippen LogP contribution in [0.1, 0.15) is 29.3 Å². The molecule has 0 radical (unpaired) electrons. The van der Waals surface area contributed by atoms with Crippen LogP contribution in [0.15, 0.2) is 43.1 Å². The first-order chi connectivity index (χ1) is 11.5. The average molecular weight is 324 g/mol. The molecule has 2 amide bonds. The summed E-state index contributed by atoms with van der Waals surface area (Å²) in [6.45, 7) is 9.25. The van der Waals surface area contributed by atoms with Crippen LogP contribution in [0.4, 0.5) is 4.79 Å². The Hall–Kier alpha value is -2.95. The number of aromatic nitrogens is 1. The second-order valence-electron chi connectivity index (χ2n) is 5.70. The highest BCUT2D eigenvalue weighted by molar-refractivity contribution is 5.83. The molecule has 0 saturated carbocycles. The van der Waals surface area contributed by atoms with Crippen LogP contribution in [0.5, 0.6) is 0 Å². The number of urea groups is 1. The number of hydrogen-bond donors (Lipinski definition) is 4. The Morgan fingerprint density at radius 3 is 2.75 bits per heavy atom. The topological polar surface area (TPSA) is 82.9 Å². The molecule has 126 valence electrons. The molecule has 0 aliphatic heterocycles. The van der Waals surface area contributed by atoms with Crippen molar-refractivity contribution in [1.82, 2.24) is 15.6 Å². The molecule has 1 aromatic carbocycles. The van der Waals surface area contributed by atoms with E-state index in [0.29, 0.717) is 13.1 Å². The van der Waals surface area contributed by atoms with Gasteiger partial charge in [-0.15, -0.1) is 0 Å². The second-order valence-corrected chi connectivity index (χ2v) is 5.70. The summed E-state index contributed by atoms with van der Waals surface area (Å²) < 4.78 is 0. The highest BCUT2D eigenvalue weighted by Crippen LogP contribution is 2.22. The van der Waals surface area contributed by atoms with Gasteiger partial charge in [0.2, 0.25) is 0 Å². The van der Waals surface area contributed by atoms with Gasteiger partial charge in [0, 0.05) is 36.2 Å². The summed E-state index contributed by atoms with van der Waals surface area (Å²) in [4.78, 5) is 13.9. The quantitative estimate of drug-likeness (QED) is 0.590. The van der Waals surface area contributed by atoms with Gasteiger partial charge in [0.15, 0.2) is 0 Å². The summed E-state index contributed by atoms with van der Waals surface area (Å²) >= 11 is 0. The number of aryl methyl sites for hydroxylation is 1. The molecule has 0 unspecified atom stereocenters. The van der Waals surface area contributed by atoms with Crippen LogP contribution >= 0.6 is 0 Å². The minimum absolute atomic E-state index is 0.451. The number of hydrogen-bond acceptors (Lipinski definition) is 2. The minimum Gasteiger partial charge on any atom is -0.383 e. The highest BCUT2D eigenvalue weighted by Gasteiger charge is 2.06. The zero-order chi connectivity index (χ0) is 17.5. The number of primary amides is 1. The summed E-state index contributed by atoms with van der Waals surface area (Å²) in [5.41, 5.74) is 11.4. The Kier molecular flexibility index (Phi) is 5.84. The molecule has 5 N–H and O–H groups in total. The summed E-state index contributed by atoms with van der Waals surface area (Å²) in [5.74, 6) is 0. The predicted molar refractivity (Wildman–Crippen MR) is 100 cm³/mol. The molecule has 0 fully saturated rings. The summed E-state index contributed by atoms with van der Waals surface area (Å²) in [6, 6.07) is 9.86. The lowest BCUT2D eigenvalue weighted by molar-refractivity contribution is 0.249. The van der Waals surface area contributed by atoms with Crippen LogP contribution in [-0.2, 0) is 0 Å². The van der Waals surface area contributed by atoms with E-state index in [2.05, 4.69) is 66.4 Å². The minimum atomic E-state index is -0.526. The number of benzene rings is 1. The third-order valence-electron chi connectivity index (χ3n) is 3.70. The van der Waals surface area contributed by atoms with Crippen LogP contribution < -0.4 is 16.4 Å². The van der Waals surface area contributed by atoms with Crippen molar-refractivity contribution >= 4 is 23.4 Å². The smallest absolute Gasteiger partial charge is 0.312 e. The van der Waals surface area contributed by atoms with E-state index in [1.807, 2.05) is 12.3 Å². The van der Waals surface area contributed by atoms with Crippen LogP contribution in [0, 0.1) is 6.92 Å². The van der Waals surface area contributed by atoms with Crippen molar-refractivity contribution in [3.63, 3.8) is 0 Å². The Labute approximate surface area is 142 Å². The molecular formula is C19H24N4O. The molecule has 1 heterocycles. The zero-order valence-electron chi connectivity index (χ0n) is 14.1. The first-order valence-electron chi connectivity index (χ1n) is 7.86. The number of carbonyl (C=O) groups excluding carboxylic acids is 1. The number of H-pyrrole nitrogens is 1. The van der Waals surface area contributed by atoms with E-state index in [9.17, 15) is 4.79 Å². The number of carbonyl (C=O) groups is 1. The molecule has 5 nitrogen and oxygen atoms in total. The van der Waals surface area contributed by atoms with E-state index in [0.717, 1.165) is 17.0 Å². The molecule has 1 aromatic heterocycles. The first-order valence-corrected chi connectivity index (χ1v) is 7.86. The van der Waals surface area contributed by atoms with Crippen molar-refractivity contribution in [3.05, 3.63) is 65.5 Å². The van der Waals surface area contributed by atoms with E-state index in [4.69, 9.17) is 5.73 Å². The van der Waals surface area contributed by atoms with Crippen LogP contribution in [0.2, 0.25) is 0 Å². The molecule has 0 bridgehead atoms. The molecular weight excluding hydrogens is 300 g/mol. The lowest BCUT2D eigenvalue weighted by atomic mass is 10.0. The molecule has 0 atom stereocenters. The summed E-state index contributed by atoms with van der Waals surface area (Å²) in [7, 11) is 0. The van der Waals surface area contributed by atoms with Crippen molar-refractivity contribution in [1.29, 1.82) is 0 Å². The molecule has 0 saturated heterocycles. The van der Waals surface area contributed by atoms with E-state index in [1.165, 1.54) is 16.7 Å². The standard InChI is InChI=1S/C19H24N4O/c1-13-5-4-6-16(11-13)14(2)12-18-17(7-8-22-18)15(3)21-9-10-23-19(20)24/h4-8,11-12,21-22H,3,9-10H2,1-2H3,(H3,20,23,24)/b14-12+.